The Morgan fingerprint density at radius 1 is 1.30 bits per heavy atom. The maximum absolute atomic E-state index is 12.6. The highest BCUT2D eigenvalue weighted by molar-refractivity contribution is 7.89. The van der Waals surface area contributed by atoms with Crippen molar-refractivity contribution >= 4 is 21.9 Å². The molecule has 0 bridgehead atoms. The predicted octanol–water partition coefficient (Wildman–Crippen LogP) is -0.0997. The third-order valence-electron chi connectivity index (χ3n) is 4.43. The molecule has 0 radical (unpaired) electrons. The Labute approximate surface area is 158 Å². The van der Waals surface area contributed by atoms with E-state index in [0.717, 1.165) is 14.9 Å². The molecule has 0 aromatic carbocycles. The highest BCUT2D eigenvalue weighted by Crippen LogP contribution is 2.18. The second kappa shape index (κ2) is 8.66. The number of nitrogens with zero attached hydrogens (tertiary/aromatic N) is 3. The van der Waals surface area contributed by atoms with Crippen LogP contribution in [0.15, 0.2) is 28.0 Å². The van der Waals surface area contributed by atoms with Gasteiger partial charge in [-0.25, -0.2) is 12.7 Å². The fourth-order valence-electron chi connectivity index (χ4n) is 2.90. The van der Waals surface area contributed by atoms with Gasteiger partial charge in [0, 0.05) is 39.4 Å². The van der Waals surface area contributed by atoms with E-state index in [4.69, 9.17) is 4.74 Å². The predicted molar refractivity (Wildman–Crippen MR) is 97.5 cm³/mol. The van der Waals surface area contributed by atoms with Crippen molar-refractivity contribution in [2.24, 2.45) is 5.92 Å². The minimum atomic E-state index is -3.72. The Bertz CT molecular complexity index is 862. The van der Waals surface area contributed by atoms with Crippen LogP contribution in [-0.4, -0.2) is 67.9 Å². The summed E-state index contributed by atoms with van der Waals surface area (Å²) in [4.78, 5) is 38.0. The number of sulfonamides is 1. The van der Waals surface area contributed by atoms with E-state index in [0.29, 0.717) is 19.4 Å². The molecule has 0 N–H and O–H groups in total. The zero-order valence-corrected chi connectivity index (χ0v) is 16.6. The number of likely N-dealkylation sites (tertiary alicyclic amines) is 1. The van der Waals surface area contributed by atoms with Gasteiger partial charge in [-0.3, -0.25) is 14.4 Å². The number of ether oxygens (including phenoxy) is 1. The van der Waals surface area contributed by atoms with E-state index in [1.807, 2.05) is 0 Å². The molecule has 27 heavy (non-hydrogen) atoms. The lowest BCUT2D eigenvalue weighted by molar-refractivity contribution is -0.151. The quantitative estimate of drug-likeness (QED) is 0.619. The number of carbonyl (C=O) groups is 2. The average Bonchev–Trinajstić information content (AvgIpc) is 2.63. The maximum Gasteiger partial charge on any atom is 0.310 e. The molecule has 1 saturated heterocycles. The first-order valence-electron chi connectivity index (χ1n) is 8.74. The number of amides is 1. The lowest BCUT2D eigenvalue weighted by atomic mass is 9.98. The molecule has 2 heterocycles. The van der Waals surface area contributed by atoms with E-state index < -0.39 is 15.6 Å². The molecular weight excluding hydrogens is 374 g/mol. The highest BCUT2D eigenvalue weighted by Gasteiger charge is 2.29. The van der Waals surface area contributed by atoms with E-state index in [1.165, 1.54) is 31.3 Å². The maximum atomic E-state index is 12.6. The van der Waals surface area contributed by atoms with Gasteiger partial charge in [0.1, 0.15) is 6.54 Å². The van der Waals surface area contributed by atoms with Crippen molar-refractivity contribution in [3.05, 3.63) is 28.7 Å². The van der Waals surface area contributed by atoms with Gasteiger partial charge in [0.05, 0.1) is 17.4 Å². The van der Waals surface area contributed by atoms with Gasteiger partial charge in [0.15, 0.2) is 0 Å². The molecule has 0 spiro atoms. The summed E-state index contributed by atoms with van der Waals surface area (Å²) in [5.41, 5.74) is -0.472. The number of hydrogen-bond acceptors (Lipinski definition) is 6. The summed E-state index contributed by atoms with van der Waals surface area (Å²) in [6.07, 6.45) is 2.49. The molecule has 0 saturated carbocycles. The number of esters is 1. The van der Waals surface area contributed by atoms with Crippen molar-refractivity contribution in [2.75, 3.05) is 33.8 Å². The summed E-state index contributed by atoms with van der Waals surface area (Å²) in [7, 11) is -0.939. The fraction of sp³-hybridized carbons (Fsp3) is 0.588. The first-order chi connectivity index (χ1) is 12.7. The first kappa shape index (κ1) is 21.1. The van der Waals surface area contributed by atoms with Crippen molar-refractivity contribution in [1.82, 2.24) is 13.8 Å². The number of carbonyl (C=O) groups excluding carboxylic acids is 2. The molecule has 1 aliphatic heterocycles. The van der Waals surface area contributed by atoms with Crippen molar-refractivity contribution in [2.45, 2.75) is 31.2 Å². The highest BCUT2D eigenvalue weighted by atomic mass is 32.2. The number of pyridine rings is 1. The van der Waals surface area contributed by atoms with Crippen LogP contribution in [0.4, 0.5) is 0 Å². The fourth-order valence-corrected chi connectivity index (χ4v) is 3.82. The molecule has 1 aliphatic rings. The Kier molecular flexibility index (Phi) is 6.77. The Morgan fingerprint density at radius 2 is 2.00 bits per heavy atom. The second-order valence-electron chi connectivity index (χ2n) is 6.55. The summed E-state index contributed by atoms with van der Waals surface area (Å²) >= 11 is 0. The van der Waals surface area contributed by atoms with Crippen molar-refractivity contribution in [1.29, 1.82) is 0 Å². The van der Waals surface area contributed by atoms with Gasteiger partial charge in [-0.05, 0) is 25.8 Å². The summed E-state index contributed by atoms with van der Waals surface area (Å²) in [6, 6.07) is 2.34. The van der Waals surface area contributed by atoms with E-state index >= 15 is 0 Å². The number of piperidine rings is 1. The molecule has 1 amide bonds. The molecule has 1 fully saturated rings. The van der Waals surface area contributed by atoms with E-state index in [9.17, 15) is 22.8 Å². The van der Waals surface area contributed by atoms with Crippen molar-refractivity contribution in [3.8, 4) is 0 Å². The minimum Gasteiger partial charge on any atom is -0.466 e. The molecule has 2 rings (SSSR count). The van der Waals surface area contributed by atoms with Crippen LogP contribution in [0.3, 0.4) is 0 Å². The topological polar surface area (TPSA) is 106 Å². The molecule has 150 valence electrons. The monoisotopic (exact) mass is 399 g/mol. The van der Waals surface area contributed by atoms with Gasteiger partial charge in [0.25, 0.3) is 5.56 Å². The molecule has 9 nitrogen and oxygen atoms in total. The minimum absolute atomic E-state index is 0.0667. The normalized spacial score (nSPS) is 17.8. The number of aromatic nitrogens is 1. The van der Waals surface area contributed by atoms with Gasteiger partial charge >= 0.3 is 5.97 Å². The molecular formula is C17H25N3O6S. The van der Waals surface area contributed by atoms with Crippen LogP contribution in [0.25, 0.3) is 0 Å². The van der Waals surface area contributed by atoms with Crippen LogP contribution in [0.5, 0.6) is 0 Å². The van der Waals surface area contributed by atoms with Crippen LogP contribution in [0, 0.1) is 5.92 Å². The number of rotatable bonds is 6. The van der Waals surface area contributed by atoms with Crippen LogP contribution >= 0.6 is 0 Å². The molecule has 1 atom stereocenters. The van der Waals surface area contributed by atoms with Crippen molar-refractivity contribution in [3.63, 3.8) is 0 Å². The van der Waals surface area contributed by atoms with E-state index in [1.54, 1.807) is 6.92 Å². The Hall–Kier alpha value is -2.20. The molecule has 1 unspecified atom stereocenters. The average molecular weight is 399 g/mol. The van der Waals surface area contributed by atoms with E-state index in [2.05, 4.69) is 0 Å². The van der Waals surface area contributed by atoms with Gasteiger partial charge in [-0.2, -0.15) is 0 Å². The first-order valence-corrected chi connectivity index (χ1v) is 10.2. The lowest BCUT2D eigenvalue weighted by Crippen LogP contribution is -2.45. The standard InChI is InChI=1S/C17H25N3O6S/c1-4-26-17(23)13-6-5-9-19(10-13)16(22)12-20-11-14(7-8-15(20)21)27(24,25)18(2)3/h7-8,11,13H,4-6,9-10,12H2,1-3H3. The summed E-state index contributed by atoms with van der Waals surface area (Å²) in [5.74, 6) is -1.04. The summed E-state index contributed by atoms with van der Waals surface area (Å²) in [5, 5.41) is 0. The largest absolute Gasteiger partial charge is 0.466 e. The third-order valence-corrected chi connectivity index (χ3v) is 6.23. The smallest absolute Gasteiger partial charge is 0.310 e. The van der Waals surface area contributed by atoms with Crippen LogP contribution in [0.1, 0.15) is 19.8 Å². The van der Waals surface area contributed by atoms with Crippen LogP contribution in [-0.2, 0) is 30.9 Å². The zero-order chi connectivity index (χ0) is 20.2. The van der Waals surface area contributed by atoms with E-state index in [-0.39, 0.29) is 42.4 Å². The second-order valence-corrected chi connectivity index (χ2v) is 8.70. The van der Waals surface area contributed by atoms with Gasteiger partial charge in [-0.15, -0.1) is 0 Å². The molecule has 0 aliphatic carbocycles. The molecule has 1 aromatic heterocycles. The zero-order valence-electron chi connectivity index (χ0n) is 15.8. The summed E-state index contributed by atoms with van der Waals surface area (Å²) in [6.45, 7) is 2.45. The van der Waals surface area contributed by atoms with Crippen LogP contribution in [0.2, 0.25) is 0 Å². The molecule has 1 aromatic rings. The van der Waals surface area contributed by atoms with Gasteiger partial charge in [0.2, 0.25) is 15.9 Å². The number of hydrogen-bond donors (Lipinski definition) is 0. The summed E-state index contributed by atoms with van der Waals surface area (Å²) < 4.78 is 31.6. The molecule has 10 heteroatoms. The lowest BCUT2D eigenvalue weighted by Gasteiger charge is -2.31. The van der Waals surface area contributed by atoms with Crippen molar-refractivity contribution < 1.29 is 22.7 Å². The third kappa shape index (κ3) is 4.95. The Morgan fingerprint density at radius 3 is 2.63 bits per heavy atom. The van der Waals surface area contributed by atoms with Crippen LogP contribution < -0.4 is 5.56 Å². The Balaban J connectivity index is 2.16. The van der Waals surface area contributed by atoms with Gasteiger partial charge < -0.3 is 14.2 Å². The van der Waals surface area contributed by atoms with Gasteiger partial charge in [-0.1, -0.05) is 0 Å². The SMILES string of the molecule is CCOC(=O)C1CCCN(C(=O)Cn2cc(S(=O)(=O)N(C)C)ccc2=O)C1.